The van der Waals surface area contributed by atoms with Crippen molar-refractivity contribution in [2.24, 2.45) is 5.73 Å². The molecule has 0 unspecified atom stereocenters. The highest BCUT2D eigenvalue weighted by Gasteiger charge is 2.28. The minimum absolute atomic E-state index is 0.165. The van der Waals surface area contributed by atoms with Crippen LogP contribution >= 0.6 is 0 Å². The zero-order valence-electron chi connectivity index (χ0n) is 14.4. The van der Waals surface area contributed by atoms with E-state index in [9.17, 15) is 25.0 Å². The van der Waals surface area contributed by atoms with Crippen molar-refractivity contribution in [3.8, 4) is 0 Å². The van der Waals surface area contributed by atoms with Crippen LogP contribution < -0.4 is 10.6 Å². The summed E-state index contributed by atoms with van der Waals surface area (Å²) in [5, 5.41) is 22.1. The van der Waals surface area contributed by atoms with Crippen molar-refractivity contribution < 1.29 is 14.6 Å². The summed E-state index contributed by atoms with van der Waals surface area (Å²) in [4.78, 5) is 34.2. The van der Waals surface area contributed by atoms with Gasteiger partial charge in [-0.1, -0.05) is 18.2 Å². The minimum Gasteiger partial charge on any atom is -0.371 e. The van der Waals surface area contributed by atoms with E-state index in [1.54, 1.807) is 12.1 Å². The number of rotatable bonds is 5. The van der Waals surface area contributed by atoms with Gasteiger partial charge in [-0.15, -0.1) is 0 Å². The van der Waals surface area contributed by atoms with Crippen molar-refractivity contribution in [1.82, 2.24) is 0 Å². The van der Waals surface area contributed by atoms with Crippen molar-refractivity contribution in [2.75, 3.05) is 18.0 Å². The number of carbonyl (C=O) groups is 1. The number of nitro groups is 2. The summed E-state index contributed by atoms with van der Waals surface area (Å²) in [6, 6.07) is 11.2. The Balaban J connectivity index is 1.79. The number of primary amides is 1. The number of benzene rings is 2. The summed E-state index contributed by atoms with van der Waals surface area (Å²) >= 11 is 0. The van der Waals surface area contributed by atoms with E-state index in [0.29, 0.717) is 24.3 Å². The van der Waals surface area contributed by atoms with Crippen molar-refractivity contribution in [1.29, 1.82) is 0 Å². The second-order valence-electron chi connectivity index (χ2n) is 6.40. The predicted octanol–water partition coefficient (Wildman–Crippen LogP) is 2.99. The summed E-state index contributed by atoms with van der Waals surface area (Å²) in [6.45, 7) is 1.24. The van der Waals surface area contributed by atoms with Gasteiger partial charge in [0.05, 0.1) is 9.85 Å². The first kappa shape index (κ1) is 18.3. The molecule has 3 rings (SSSR count). The lowest BCUT2D eigenvalue weighted by Crippen LogP contribution is -2.33. The molecule has 1 heterocycles. The van der Waals surface area contributed by atoms with Crippen LogP contribution in [-0.2, 0) is 0 Å². The largest absolute Gasteiger partial charge is 0.371 e. The molecule has 1 amide bonds. The minimum atomic E-state index is -0.755. The second-order valence-corrected chi connectivity index (χ2v) is 6.40. The molecule has 0 aromatic heterocycles. The first-order valence-corrected chi connectivity index (χ1v) is 8.45. The summed E-state index contributed by atoms with van der Waals surface area (Å²) in [5.74, 6) is -0.294. The van der Waals surface area contributed by atoms with Crippen LogP contribution in [0.2, 0.25) is 0 Å². The highest BCUT2D eigenvalue weighted by atomic mass is 16.6. The molecule has 140 valence electrons. The van der Waals surface area contributed by atoms with Gasteiger partial charge in [0.2, 0.25) is 5.91 Å². The second kappa shape index (κ2) is 7.40. The molecule has 1 fully saturated rings. The fraction of sp³-hybridized carbons (Fsp3) is 0.278. The number of anilines is 1. The fourth-order valence-electron chi connectivity index (χ4n) is 3.54. The van der Waals surface area contributed by atoms with Crippen molar-refractivity contribution in [3.05, 3.63) is 73.8 Å². The third-order valence-electron chi connectivity index (χ3n) is 4.88. The van der Waals surface area contributed by atoms with E-state index in [4.69, 9.17) is 5.73 Å². The lowest BCUT2D eigenvalue weighted by molar-refractivity contribution is -0.422. The van der Waals surface area contributed by atoms with Crippen molar-refractivity contribution >= 4 is 23.0 Å². The maximum Gasteiger partial charge on any atom is 0.348 e. The molecular formula is C18H18N4O5. The third-order valence-corrected chi connectivity index (χ3v) is 4.88. The Morgan fingerprint density at radius 1 is 1.00 bits per heavy atom. The molecule has 0 aliphatic carbocycles. The van der Waals surface area contributed by atoms with Crippen LogP contribution in [0.25, 0.3) is 0 Å². The highest BCUT2D eigenvalue weighted by Crippen LogP contribution is 2.35. The Bertz CT molecular complexity index is 906. The molecule has 9 nitrogen and oxygen atoms in total. The van der Waals surface area contributed by atoms with Gasteiger partial charge >= 0.3 is 11.4 Å². The maximum absolute atomic E-state index is 11.6. The molecule has 1 aliphatic heterocycles. The number of amides is 1. The van der Waals surface area contributed by atoms with Gasteiger partial charge in [0, 0.05) is 36.5 Å². The Morgan fingerprint density at radius 2 is 1.63 bits per heavy atom. The lowest BCUT2D eigenvalue weighted by Gasteiger charge is -2.34. The van der Waals surface area contributed by atoms with Crippen LogP contribution in [-0.4, -0.2) is 28.8 Å². The van der Waals surface area contributed by atoms with Gasteiger partial charge in [0.15, 0.2) is 0 Å². The van der Waals surface area contributed by atoms with Gasteiger partial charge in [-0.2, -0.15) is 0 Å². The summed E-state index contributed by atoms with van der Waals surface area (Å²) in [6.07, 6.45) is 1.49. The van der Waals surface area contributed by atoms with E-state index < -0.39 is 27.1 Å². The molecule has 2 aromatic rings. The number of hydrogen-bond donors (Lipinski definition) is 1. The molecule has 0 bridgehead atoms. The molecule has 27 heavy (non-hydrogen) atoms. The first-order valence-electron chi connectivity index (χ1n) is 8.45. The SMILES string of the molecule is NC(=O)c1ccccc1C1CCN(c2ccc([N+](=O)[O-])c([N+](=O)[O-])c2)CC1. The molecule has 2 aromatic carbocycles. The topological polar surface area (TPSA) is 133 Å². The highest BCUT2D eigenvalue weighted by molar-refractivity contribution is 5.94. The number of nitro benzene ring substituents is 2. The van der Waals surface area contributed by atoms with E-state index in [0.717, 1.165) is 18.4 Å². The molecule has 2 N–H and O–H groups in total. The summed E-state index contributed by atoms with van der Waals surface area (Å²) in [7, 11) is 0. The standard InChI is InChI=1S/C18H18N4O5/c19-18(23)15-4-2-1-3-14(15)12-7-9-20(10-8-12)13-5-6-16(21(24)25)17(11-13)22(26)27/h1-6,11-12H,7-10H2,(H2,19,23). The van der Waals surface area contributed by atoms with E-state index in [1.807, 2.05) is 17.0 Å². The van der Waals surface area contributed by atoms with Crippen molar-refractivity contribution in [2.45, 2.75) is 18.8 Å². The molecule has 1 saturated heterocycles. The number of nitrogens with zero attached hydrogens (tertiary/aromatic N) is 3. The van der Waals surface area contributed by atoms with Crippen LogP contribution in [0, 0.1) is 20.2 Å². The zero-order valence-corrected chi connectivity index (χ0v) is 14.4. The number of nitrogens with two attached hydrogens (primary N) is 1. The van der Waals surface area contributed by atoms with Gasteiger partial charge in [-0.3, -0.25) is 25.0 Å². The quantitative estimate of drug-likeness (QED) is 0.635. The molecule has 0 atom stereocenters. The Kier molecular flexibility index (Phi) is 5.02. The van der Waals surface area contributed by atoms with Gasteiger partial charge in [-0.25, -0.2) is 0 Å². The van der Waals surface area contributed by atoms with Gasteiger partial charge in [-0.05, 0) is 36.5 Å². The normalized spacial score (nSPS) is 14.7. The Morgan fingerprint density at radius 3 is 2.22 bits per heavy atom. The number of carbonyl (C=O) groups excluding carboxylic acids is 1. The average Bonchev–Trinajstić information content (AvgIpc) is 2.67. The van der Waals surface area contributed by atoms with Gasteiger partial charge in [0.1, 0.15) is 0 Å². The lowest BCUT2D eigenvalue weighted by atomic mass is 9.86. The summed E-state index contributed by atoms with van der Waals surface area (Å²) in [5.41, 5.74) is 6.43. The third kappa shape index (κ3) is 3.71. The van der Waals surface area contributed by atoms with E-state index in [-0.39, 0.29) is 5.92 Å². The van der Waals surface area contributed by atoms with E-state index in [2.05, 4.69) is 0 Å². The first-order chi connectivity index (χ1) is 12.9. The smallest absolute Gasteiger partial charge is 0.348 e. The van der Waals surface area contributed by atoms with Gasteiger partial charge in [0.25, 0.3) is 0 Å². The summed E-state index contributed by atoms with van der Waals surface area (Å²) < 4.78 is 0. The van der Waals surface area contributed by atoms with E-state index in [1.165, 1.54) is 18.2 Å². The molecule has 0 saturated carbocycles. The fourth-order valence-corrected chi connectivity index (χ4v) is 3.54. The molecule has 1 aliphatic rings. The number of hydrogen-bond acceptors (Lipinski definition) is 6. The van der Waals surface area contributed by atoms with Crippen LogP contribution in [0.3, 0.4) is 0 Å². The number of piperidine rings is 1. The Hall–Kier alpha value is -3.49. The average molecular weight is 370 g/mol. The van der Waals surface area contributed by atoms with Gasteiger partial charge < -0.3 is 10.6 Å². The predicted molar refractivity (Wildman–Crippen MR) is 98.9 cm³/mol. The van der Waals surface area contributed by atoms with E-state index >= 15 is 0 Å². The van der Waals surface area contributed by atoms with Crippen LogP contribution in [0.4, 0.5) is 17.1 Å². The molecule has 0 spiro atoms. The zero-order chi connectivity index (χ0) is 19.6. The molecule has 0 radical (unpaired) electrons. The van der Waals surface area contributed by atoms with Crippen LogP contribution in [0.5, 0.6) is 0 Å². The monoisotopic (exact) mass is 370 g/mol. The van der Waals surface area contributed by atoms with Crippen LogP contribution in [0.1, 0.15) is 34.7 Å². The van der Waals surface area contributed by atoms with Crippen molar-refractivity contribution in [3.63, 3.8) is 0 Å². The Labute approximate surface area is 154 Å². The van der Waals surface area contributed by atoms with Crippen LogP contribution in [0.15, 0.2) is 42.5 Å². The maximum atomic E-state index is 11.6. The molecular weight excluding hydrogens is 352 g/mol. The molecule has 9 heteroatoms.